The van der Waals surface area contributed by atoms with Crippen molar-refractivity contribution in [3.05, 3.63) is 0 Å². The number of aliphatic hydroxyl groups is 1. The summed E-state index contributed by atoms with van der Waals surface area (Å²) in [5, 5.41) is 12.6. The second kappa shape index (κ2) is 16.4. The first kappa shape index (κ1) is 17.0. The summed E-state index contributed by atoms with van der Waals surface area (Å²) in [4.78, 5) is 0. The molecule has 0 aromatic rings. The Hall–Kier alpha value is 0.714. The van der Waals surface area contributed by atoms with Crippen molar-refractivity contribution in [2.24, 2.45) is 5.73 Å². The van der Waals surface area contributed by atoms with Crippen LogP contribution in [-0.4, -0.2) is 30.6 Å². The van der Waals surface area contributed by atoms with Gasteiger partial charge in [0, 0.05) is 39.8 Å². The fraction of sp³-hybridized carbons (Fsp3) is 0.750. The van der Waals surface area contributed by atoms with Crippen LogP contribution in [0.1, 0.15) is 0 Å². The van der Waals surface area contributed by atoms with Gasteiger partial charge in [0.05, 0.1) is 13.2 Å². The minimum atomic E-state index is 0. The van der Waals surface area contributed by atoms with Crippen LogP contribution >= 0.6 is 0 Å². The molecule has 0 saturated carbocycles. The maximum Gasteiger partial charge on any atom is 0.117 e. The molecule has 0 atom stereocenters. The molecule has 0 aromatic carbocycles. The van der Waals surface area contributed by atoms with Crippen molar-refractivity contribution in [2.75, 3.05) is 20.3 Å². The first-order valence-corrected chi connectivity index (χ1v) is 2.70. The Labute approximate surface area is 91.3 Å². The average molecular weight is 241 g/mol. The molecule has 0 aromatic heterocycles. The largest absolute Gasteiger partial charge is 0.693 e. The summed E-state index contributed by atoms with van der Waals surface area (Å²) in [5.74, 6) is 0. The van der Waals surface area contributed by atoms with E-state index in [4.69, 9.17) is 5.11 Å². The third kappa shape index (κ3) is 70.4. The normalized spacial score (nSPS) is 6.60. The third-order valence-corrected chi connectivity index (χ3v) is 0.295. The maximum absolute atomic E-state index is 7.94. The fourth-order valence-electron chi connectivity index (χ4n) is 0.0913. The molecule has 59 valence electrons. The zero-order chi connectivity index (χ0) is 7.70. The van der Waals surface area contributed by atoms with Crippen molar-refractivity contribution in [3.8, 4) is 0 Å². The molecule has 5 N–H and O–H groups in total. The number of methoxy groups -OCH3 is 1. The van der Waals surface area contributed by atoms with E-state index in [9.17, 15) is 0 Å². The standard InChI is InChI=1S/C3H8O2.CH4N2S.Y/c1-5-3-2-4;2-1(3)4;/h4H,2-3H2,1H3;(H4,2,3,4);. The van der Waals surface area contributed by atoms with E-state index in [2.05, 4.69) is 28.5 Å². The molecule has 0 unspecified atom stereocenters. The number of hydrogen-bond donors (Lipinski definition) is 3. The summed E-state index contributed by atoms with van der Waals surface area (Å²) in [6.45, 7) is 0.566. The second-order valence-electron chi connectivity index (χ2n) is 1.12. The summed E-state index contributed by atoms with van der Waals surface area (Å²) in [6, 6.07) is 0. The van der Waals surface area contributed by atoms with E-state index in [-0.39, 0.29) is 44.5 Å². The molecule has 6 heteroatoms. The number of rotatable bonds is 2. The number of nitrogens with two attached hydrogens (primary N) is 2. The summed E-state index contributed by atoms with van der Waals surface area (Å²) < 4.78 is 4.44. The molecule has 0 rings (SSSR count). The van der Waals surface area contributed by atoms with E-state index in [1.165, 1.54) is 0 Å². The van der Waals surface area contributed by atoms with Gasteiger partial charge in [0.25, 0.3) is 0 Å². The molecular formula is C4H12N2O2SY. The van der Waals surface area contributed by atoms with Gasteiger partial charge in [-0.25, -0.2) is 0 Å². The van der Waals surface area contributed by atoms with Gasteiger partial charge < -0.3 is 33.6 Å². The number of amidine groups is 1. The molecule has 4 nitrogen and oxygen atoms in total. The smallest absolute Gasteiger partial charge is 0.117 e. The fourth-order valence-corrected chi connectivity index (χ4v) is 0.0913. The van der Waals surface area contributed by atoms with E-state index in [0.717, 1.165) is 0 Å². The predicted octanol–water partition coefficient (Wildman–Crippen LogP) is -2.77. The van der Waals surface area contributed by atoms with Crippen molar-refractivity contribution in [1.29, 1.82) is 0 Å². The zero-order valence-corrected chi connectivity index (χ0v) is 9.56. The van der Waals surface area contributed by atoms with Crippen LogP contribution in [-0.2, 0) is 50.1 Å². The summed E-state index contributed by atoms with van der Waals surface area (Å²) in [7, 11) is 1.55. The second-order valence-corrected chi connectivity index (χ2v) is 1.59. The van der Waals surface area contributed by atoms with Gasteiger partial charge in [-0.3, -0.25) is 0 Å². The average Bonchev–Trinajstić information content (AvgIpc) is 1.66. The minimum Gasteiger partial charge on any atom is -0.693 e. The van der Waals surface area contributed by atoms with E-state index >= 15 is 0 Å². The van der Waals surface area contributed by atoms with Crippen LogP contribution in [0.4, 0.5) is 0 Å². The Morgan fingerprint density at radius 2 is 2.10 bits per heavy atom. The first-order valence-electron chi connectivity index (χ1n) is 2.29. The number of aliphatic hydroxyl groups excluding tert-OH is 1. The Kier molecular flexibility index (Phi) is 27.8. The van der Waals surface area contributed by atoms with Crippen LogP contribution in [0.25, 0.3) is 0 Å². The zero-order valence-electron chi connectivity index (χ0n) is 5.91. The molecule has 0 saturated heterocycles. The summed E-state index contributed by atoms with van der Waals surface area (Å²) in [5.41, 5.74) is 4.62. The van der Waals surface area contributed by atoms with Crippen LogP contribution in [0.2, 0.25) is 0 Å². The van der Waals surface area contributed by atoms with E-state index < -0.39 is 0 Å². The quantitative estimate of drug-likeness (QED) is 0.278. The first-order chi connectivity index (χ1) is 4.15. The van der Waals surface area contributed by atoms with Crippen molar-refractivity contribution < 1.29 is 48.0 Å². The molecule has 0 heterocycles. The molecule has 0 amide bonds. The van der Waals surface area contributed by atoms with Crippen molar-refractivity contribution in [3.63, 3.8) is 0 Å². The van der Waals surface area contributed by atoms with Gasteiger partial charge in [0.15, 0.2) is 0 Å². The molecule has 0 aliphatic rings. The summed E-state index contributed by atoms with van der Waals surface area (Å²) in [6.07, 6.45) is 0. The molecular weight excluding hydrogens is 229 g/mol. The summed E-state index contributed by atoms with van der Waals surface area (Å²) >= 11 is 4.09. The Balaban J connectivity index is -0.0000000910. The van der Waals surface area contributed by atoms with Gasteiger partial charge in [0.1, 0.15) is 5.17 Å². The predicted molar refractivity (Wildman–Crippen MR) is 37.4 cm³/mol. The molecule has 0 bridgehead atoms. The van der Waals surface area contributed by atoms with Gasteiger partial charge in [0.2, 0.25) is 0 Å². The molecule has 0 aliphatic heterocycles. The SMILES string of the molecule is COCCO.NC(=[NH2+])[S-].[Y]. The minimum absolute atomic E-state index is 0. The van der Waals surface area contributed by atoms with Crippen LogP contribution in [0, 0.1) is 0 Å². The Morgan fingerprint density at radius 1 is 1.80 bits per heavy atom. The van der Waals surface area contributed by atoms with Crippen LogP contribution < -0.4 is 11.1 Å². The third-order valence-electron chi connectivity index (χ3n) is 0.295. The molecule has 0 fully saturated rings. The van der Waals surface area contributed by atoms with E-state index in [1.807, 2.05) is 0 Å². The van der Waals surface area contributed by atoms with Gasteiger partial charge in [-0.2, -0.15) is 0 Å². The van der Waals surface area contributed by atoms with E-state index in [0.29, 0.717) is 6.61 Å². The van der Waals surface area contributed by atoms with Crippen molar-refractivity contribution in [2.45, 2.75) is 0 Å². The van der Waals surface area contributed by atoms with Gasteiger partial charge >= 0.3 is 0 Å². The molecule has 1 radical (unpaired) electrons. The van der Waals surface area contributed by atoms with Crippen LogP contribution in [0.15, 0.2) is 0 Å². The maximum atomic E-state index is 7.94. The monoisotopic (exact) mass is 241 g/mol. The van der Waals surface area contributed by atoms with Gasteiger partial charge in [-0.1, -0.05) is 0 Å². The van der Waals surface area contributed by atoms with Crippen molar-refractivity contribution in [1.82, 2.24) is 0 Å². The topological polar surface area (TPSA) is 81.1 Å². The van der Waals surface area contributed by atoms with Crippen molar-refractivity contribution >= 4 is 17.8 Å². The van der Waals surface area contributed by atoms with E-state index in [1.54, 1.807) is 7.11 Å². The Bertz CT molecular complexity index is 68.3. The van der Waals surface area contributed by atoms with Gasteiger partial charge in [-0.05, 0) is 0 Å². The molecule has 0 aliphatic carbocycles. The molecule has 10 heavy (non-hydrogen) atoms. The Morgan fingerprint density at radius 3 is 2.10 bits per heavy atom. The molecule has 0 spiro atoms. The van der Waals surface area contributed by atoms with Gasteiger partial charge in [-0.15, -0.1) is 0 Å². The number of hydrogen-bond acceptors (Lipinski definition) is 3. The van der Waals surface area contributed by atoms with Crippen LogP contribution in [0.5, 0.6) is 0 Å². The number of ether oxygens (including phenoxy) is 1. The van der Waals surface area contributed by atoms with Crippen LogP contribution in [0.3, 0.4) is 0 Å².